The van der Waals surface area contributed by atoms with Crippen molar-refractivity contribution >= 4 is 34.1 Å². The maximum absolute atomic E-state index is 9.56. The quantitative estimate of drug-likeness (QED) is 0.170. The van der Waals surface area contributed by atoms with Crippen LogP contribution in [0.3, 0.4) is 0 Å². The largest absolute Gasteiger partial charge is 0.310 e. The van der Waals surface area contributed by atoms with Gasteiger partial charge in [0, 0.05) is 45.0 Å². The Morgan fingerprint density at radius 1 is 0.397 bits per heavy atom. The molecule has 0 heterocycles. The fourth-order valence-corrected chi connectivity index (χ4v) is 9.69. The number of nitrogens with zero attached hydrogens (tertiary/aromatic N) is 4. The molecule has 7 aromatic carbocycles. The molecule has 0 radical (unpaired) electrons. The Bertz CT molecular complexity index is 2700. The number of nitriles is 2. The molecule has 0 spiro atoms. The molecule has 0 N–H and O–H groups in total. The minimum Gasteiger partial charge on any atom is -0.310 e. The minimum atomic E-state index is -0.250. The SMILES string of the molecule is Cc1ccccc1N(c1ccc(C#N)cc1)c1cc(C)c2c(c1)C(C)(C)c1cc3c(cc1-2)C(C)(C)c1cc(N(c2ccc(C#N)cc2)c2ccccc2C)cc(C)c1-3. The van der Waals surface area contributed by atoms with E-state index >= 15 is 0 Å². The number of aryl methyl sites for hydroxylation is 4. The van der Waals surface area contributed by atoms with Gasteiger partial charge in [-0.15, -0.1) is 0 Å². The van der Waals surface area contributed by atoms with Crippen molar-refractivity contribution < 1.29 is 0 Å². The molecule has 0 unspecified atom stereocenters. The van der Waals surface area contributed by atoms with Crippen LogP contribution in [0.5, 0.6) is 0 Å². The Balaban J connectivity index is 1.18. The van der Waals surface area contributed by atoms with Crippen molar-refractivity contribution in [3.05, 3.63) is 189 Å². The van der Waals surface area contributed by atoms with Crippen LogP contribution in [0.15, 0.2) is 133 Å². The lowest BCUT2D eigenvalue weighted by molar-refractivity contribution is 0.652. The summed E-state index contributed by atoms with van der Waals surface area (Å²) in [5.74, 6) is 0. The lowest BCUT2D eigenvalue weighted by atomic mass is 9.79. The zero-order valence-corrected chi connectivity index (χ0v) is 34.5. The van der Waals surface area contributed by atoms with Crippen molar-refractivity contribution in [2.75, 3.05) is 9.80 Å². The topological polar surface area (TPSA) is 54.1 Å². The average Bonchev–Trinajstić information content (AvgIpc) is 3.58. The molecule has 0 bridgehead atoms. The van der Waals surface area contributed by atoms with E-state index in [4.69, 9.17) is 0 Å². The minimum absolute atomic E-state index is 0.250. The Morgan fingerprint density at radius 2 is 0.759 bits per heavy atom. The summed E-state index contributed by atoms with van der Waals surface area (Å²) in [6.45, 7) is 18.3. The van der Waals surface area contributed by atoms with E-state index in [0.717, 1.165) is 34.1 Å². The van der Waals surface area contributed by atoms with Gasteiger partial charge in [-0.2, -0.15) is 10.5 Å². The molecule has 0 aromatic heterocycles. The highest BCUT2D eigenvalue weighted by molar-refractivity contribution is 5.94. The van der Waals surface area contributed by atoms with Crippen LogP contribution in [-0.2, 0) is 10.8 Å². The van der Waals surface area contributed by atoms with Crippen LogP contribution in [0.2, 0.25) is 0 Å². The first-order valence-electron chi connectivity index (χ1n) is 20.1. The third-order valence-corrected chi connectivity index (χ3v) is 12.8. The smallest absolute Gasteiger partial charge is 0.0991 e. The second-order valence-electron chi connectivity index (χ2n) is 17.1. The molecular weight excluding hydrogens is 705 g/mol. The monoisotopic (exact) mass is 750 g/mol. The van der Waals surface area contributed by atoms with Crippen LogP contribution in [-0.4, -0.2) is 0 Å². The van der Waals surface area contributed by atoms with E-state index in [1.807, 2.05) is 24.3 Å². The van der Waals surface area contributed by atoms with E-state index in [2.05, 4.69) is 187 Å². The zero-order chi connectivity index (χ0) is 40.7. The van der Waals surface area contributed by atoms with Gasteiger partial charge < -0.3 is 9.80 Å². The molecule has 282 valence electrons. The predicted octanol–water partition coefficient (Wildman–Crippen LogP) is 14.2. The molecule has 0 aliphatic heterocycles. The lowest BCUT2D eigenvalue weighted by Crippen LogP contribution is -2.18. The van der Waals surface area contributed by atoms with Gasteiger partial charge in [-0.25, -0.2) is 0 Å². The third kappa shape index (κ3) is 5.55. The molecule has 0 amide bonds. The number of rotatable bonds is 6. The summed E-state index contributed by atoms with van der Waals surface area (Å²) in [5.41, 5.74) is 22.8. The molecule has 4 heteroatoms. The normalized spacial score (nSPS) is 13.8. The Hall–Kier alpha value is -6.88. The Labute approximate surface area is 342 Å². The van der Waals surface area contributed by atoms with Crippen molar-refractivity contribution in [2.24, 2.45) is 0 Å². The molecule has 0 saturated carbocycles. The van der Waals surface area contributed by atoms with Gasteiger partial charge in [0.25, 0.3) is 0 Å². The first-order chi connectivity index (χ1) is 27.8. The van der Waals surface area contributed by atoms with Gasteiger partial charge in [-0.1, -0.05) is 64.1 Å². The number of anilines is 6. The molecule has 58 heavy (non-hydrogen) atoms. The fraction of sp³-hybridized carbons (Fsp3) is 0.185. The summed E-state index contributed by atoms with van der Waals surface area (Å²) >= 11 is 0. The fourth-order valence-electron chi connectivity index (χ4n) is 9.69. The summed E-state index contributed by atoms with van der Waals surface area (Å²) in [4.78, 5) is 4.67. The van der Waals surface area contributed by atoms with Crippen LogP contribution in [0.25, 0.3) is 22.3 Å². The molecule has 0 fully saturated rings. The van der Waals surface area contributed by atoms with Crippen LogP contribution >= 0.6 is 0 Å². The van der Waals surface area contributed by atoms with Gasteiger partial charge in [0.1, 0.15) is 0 Å². The highest BCUT2D eigenvalue weighted by Crippen LogP contribution is 2.59. The van der Waals surface area contributed by atoms with Crippen molar-refractivity contribution in [1.29, 1.82) is 10.5 Å². The predicted molar refractivity (Wildman–Crippen MR) is 239 cm³/mol. The number of benzene rings is 7. The van der Waals surface area contributed by atoms with E-state index in [1.165, 1.54) is 66.8 Å². The highest BCUT2D eigenvalue weighted by Gasteiger charge is 2.43. The molecular formula is C54H46N4. The average molecular weight is 751 g/mol. The molecule has 2 aliphatic carbocycles. The van der Waals surface area contributed by atoms with Gasteiger partial charge in [-0.05, 0) is 192 Å². The summed E-state index contributed by atoms with van der Waals surface area (Å²) in [6, 6.07) is 51.9. The first-order valence-corrected chi connectivity index (χ1v) is 20.1. The van der Waals surface area contributed by atoms with E-state index < -0.39 is 0 Å². The van der Waals surface area contributed by atoms with E-state index in [-0.39, 0.29) is 10.8 Å². The summed E-state index contributed by atoms with van der Waals surface area (Å²) in [5, 5.41) is 19.1. The van der Waals surface area contributed by atoms with Crippen molar-refractivity contribution in [2.45, 2.75) is 66.2 Å². The molecule has 9 rings (SSSR count). The summed E-state index contributed by atoms with van der Waals surface area (Å²) in [6.07, 6.45) is 0. The van der Waals surface area contributed by atoms with E-state index in [1.54, 1.807) is 0 Å². The number of para-hydroxylation sites is 2. The standard InChI is InChI=1S/C54H46N4/c1-33-13-9-11-15-49(33)57(39-21-17-37(31-55)18-22-39)41-25-35(3)51-43-29-46-44(30-45(43)53(5,6)47(51)27-41)52-36(4)26-42(28-48(52)54(46,7)8)58(50-16-12-10-14-34(50)2)40-23-19-38(32-56)20-24-40/h9-30H,1-8H3. The second kappa shape index (κ2) is 13.4. The van der Waals surface area contributed by atoms with Crippen molar-refractivity contribution in [3.8, 4) is 34.4 Å². The van der Waals surface area contributed by atoms with Crippen LogP contribution in [0, 0.1) is 50.4 Å². The highest BCUT2D eigenvalue weighted by atomic mass is 15.1. The number of hydrogen-bond acceptors (Lipinski definition) is 4. The number of fused-ring (bicyclic) bond motifs is 6. The molecule has 0 atom stereocenters. The van der Waals surface area contributed by atoms with Crippen molar-refractivity contribution in [3.63, 3.8) is 0 Å². The summed E-state index contributed by atoms with van der Waals surface area (Å²) < 4.78 is 0. The van der Waals surface area contributed by atoms with Crippen LogP contribution in [0.1, 0.15) is 83.3 Å². The molecule has 0 saturated heterocycles. The van der Waals surface area contributed by atoms with E-state index in [0.29, 0.717) is 11.1 Å². The maximum Gasteiger partial charge on any atom is 0.0991 e. The second-order valence-corrected chi connectivity index (χ2v) is 17.1. The first kappa shape index (κ1) is 36.7. The molecule has 7 aromatic rings. The zero-order valence-electron chi connectivity index (χ0n) is 34.5. The van der Waals surface area contributed by atoms with Gasteiger partial charge in [0.15, 0.2) is 0 Å². The van der Waals surface area contributed by atoms with Crippen LogP contribution in [0.4, 0.5) is 34.1 Å². The molecule has 4 nitrogen and oxygen atoms in total. The Kier molecular flexibility index (Phi) is 8.47. The lowest BCUT2D eigenvalue weighted by Gasteiger charge is -2.30. The summed E-state index contributed by atoms with van der Waals surface area (Å²) in [7, 11) is 0. The third-order valence-electron chi connectivity index (χ3n) is 12.8. The van der Waals surface area contributed by atoms with Crippen LogP contribution < -0.4 is 9.80 Å². The van der Waals surface area contributed by atoms with E-state index in [9.17, 15) is 10.5 Å². The number of hydrogen-bond donors (Lipinski definition) is 0. The van der Waals surface area contributed by atoms with Gasteiger partial charge in [0.2, 0.25) is 0 Å². The maximum atomic E-state index is 9.56. The van der Waals surface area contributed by atoms with Gasteiger partial charge in [-0.3, -0.25) is 0 Å². The molecule has 2 aliphatic rings. The van der Waals surface area contributed by atoms with Crippen molar-refractivity contribution in [1.82, 2.24) is 0 Å². The van der Waals surface area contributed by atoms with Gasteiger partial charge >= 0.3 is 0 Å². The Morgan fingerprint density at radius 3 is 1.10 bits per heavy atom. The van der Waals surface area contributed by atoms with Gasteiger partial charge in [0.05, 0.1) is 23.3 Å².